The highest BCUT2D eigenvalue weighted by atomic mass is 16.3. The minimum atomic E-state index is -0.571. The van der Waals surface area contributed by atoms with E-state index < -0.39 is 18.3 Å². The van der Waals surface area contributed by atoms with Crippen molar-refractivity contribution in [3.05, 3.63) is 11.6 Å². The molecule has 3 saturated carbocycles. The van der Waals surface area contributed by atoms with Gasteiger partial charge >= 0.3 is 0 Å². The van der Waals surface area contributed by atoms with Gasteiger partial charge in [-0.05, 0) is 60.7 Å². The van der Waals surface area contributed by atoms with Gasteiger partial charge in [-0.15, -0.1) is 0 Å². The molecule has 0 aromatic rings. The Morgan fingerprint density at radius 3 is 2.52 bits per heavy atom. The van der Waals surface area contributed by atoms with Crippen molar-refractivity contribution >= 4 is 0 Å². The Hall–Kier alpha value is -0.420. The normalized spacial score (nSPS) is 58.9. The summed E-state index contributed by atoms with van der Waals surface area (Å²) >= 11 is 0. The zero-order valence-corrected chi connectivity index (χ0v) is 14.2. The van der Waals surface area contributed by atoms with Crippen molar-refractivity contribution in [3.8, 4) is 0 Å². The van der Waals surface area contributed by atoms with Crippen LogP contribution in [-0.4, -0.2) is 44.8 Å². The Kier molecular flexibility index (Phi) is 3.52. The minimum absolute atomic E-state index is 0.0184. The molecular weight excluding hydrogens is 292 g/mol. The van der Waals surface area contributed by atoms with Crippen LogP contribution in [0.1, 0.15) is 52.4 Å². The summed E-state index contributed by atoms with van der Waals surface area (Å²) in [5.41, 5.74) is 0.955. The molecule has 23 heavy (non-hydrogen) atoms. The molecule has 0 aromatic carbocycles. The molecule has 130 valence electrons. The number of hydrogen-bond donors (Lipinski definition) is 4. The summed E-state index contributed by atoms with van der Waals surface area (Å²) in [6, 6.07) is 0. The summed E-state index contributed by atoms with van der Waals surface area (Å²) in [5.74, 6) is 0.320. The number of rotatable bonds is 0. The van der Waals surface area contributed by atoms with Crippen LogP contribution in [0.4, 0.5) is 0 Å². The minimum Gasteiger partial charge on any atom is -0.393 e. The molecule has 4 nitrogen and oxygen atoms in total. The van der Waals surface area contributed by atoms with E-state index in [0.29, 0.717) is 18.8 Å². The fourth-order valence-corrected chi connectivity index (χ4v) is 6.65. The van der Waals surface area contributed by atoms with Gasteiger partial charge in [-0.3, -0.25) is 0 Å². The first-order valence-corrected chi connectivity index (χ1v) is 9.21. The van der Waals surface area contributed by atoms with E-state index in [-0.39, 0.29) is 28.8 Å². The number of fused-ring (bicyclic) bond motifs is 5. The maximum absolute atomic E-state index is 10.9. The van der Waals surface area contributed by atoms with E-state index in [0.717, 1.165) is 25.7 Å². The van der Waals surface area contributed by atoms with Crippen LogP contribution < -0.4 is 0 Å². The zero-order valence-electron chi connectivity index (χ0n) is 14.2. The largest absolute Gasteiger partial charge is 0.393 e. The fourth-order valence-electron chi connectivity index (χ4n) is 6.65. The van der Waals surface area contributed by atoms with Gasteiger partial charge in [0.2, 0.25) is 0 Å². The molecule has 0 saturated heterocycles. The third kappa shape index (κ3) is 2.05. The lowest BCUT2D eigenvalue weighted by atomic mass is 9.47. The lowest BCUT2D eigenvalue weighted by Crippen LogP contribution is -2.56. The highest BCUT2D eigenvalue weighted by molar-refractivity contribution is 5.28. The van der Waals surface area contributed by atoms with E-state index in [1.807, 2.05) is 6.08 Å². The average molecular weight is 322 g/mol. The molecule has 0 bridgehead atoms. The molecule has 0 aromatic heterocycles. The van der Waals surface area contributed by atoms with Gasteiger partial charge in [0.1, 0.15) is 0 Å². The monoisotopic (exact) mass is 322 g/mol. The van der Waals surface area contributed by atoms with Crippen LogP contribution in [0, 0.1) is 28.6 Å². The van der Waals surface area contributed by atoms with Gasteiger partial charge in [-0.1, -0.05) is 25.5 Å². The van der Waals surface area contributed by atoms with Crippen molar-refractivity contribution in [2.45, 2.75) is 76.8 Å². The second kappa shape index (κ2) is 5.04. The van der Waals surface area contributed by atoms with E-state index in [9.17, 15) is 20.4 Å². The van der Waals surface area contributed by atoms with Crippen LogP contribution >= 0.6 is 0 Å². The maximum atomic E-state index is 10.9. The Labute approximate surface area is 138 Å². The van der Waals surface area contributed by atoms with Gasteiger partial charge in [0, 0.05) is 6.42 Å². The van der Waals surface area contributed by atoms with Crippen LogP contribution in [0.25, 0.3) is 0 Å². The average Bonchev–Trinajstić information content (AvgIpc) is 2.71. The predicted octanol–water partition coefficient (Wildman–Crippen LogP) is 1.61. The standard InChI is InChI=1S/C19H30O4/c1-18-5-3-11(20)7-10(18)8-13(21)16-12(18)4-6-19(2)15(23)9-14(22)17(16)19/h8,11-17,20-23H,3-7,9H2,1-2H3/t11-,12?,13+,14+,15-,16?,17?,18-,19+/m0/s1. The lowest BCUT2D eigenvalue weighted by molar-refractivity contribution is -0.123. The first kappa shape index (κ1) is 16.1. The first-order valence-electron chi connectivity index (χ1n) is 9.21. The van der Waals surface area contributed by atoms with Gasteiger partial charge in [-0.25, -0.2) is 0 Å². The number of hydrogen-bond acceptors (Lipinski definition) is 4. The van der Waals surface area contributed by atoms with Crippen molar-refractivity contribution in [1.82, 2.24) is 0 Å². The van der Waals surface area contributed by atoms with Crippen molar-refractivity contribution in [1.29, 1.82) is 0 Å². The lowest BCUT2D eigenvalue weighted by Gasteiger charge is -2.59. The van der Waals surface area contributed by atoms with Crippen molar-refractivity contribution < 1.29 is 20.4 Å². The molecule has 0 amide bonds. The summed E-state index contributed by atoms with van der Waals surface area (Å²) in [4.78, 5) is 0. The summed E-state index contributed by atoms with van der Waals surface area (Å²) < 4.78 is 0. The van der Waals surface area contributed by atoms with Gasteiger partial charge in [0.15, 0.2) is 0 Å². The summed E-state index contributed by atoms with van der Waals surface area (Å²) in [6.45, 7) is 4.38. The van der Waals surface area contributed by atoms with Gasteiger partial charge in [0.05, 0.1) is 24.4 Å². The molecule has 0 radical (unpaired) electrons. The van der Waals surface area contributed by atoms with Crippen LogP contribution in [0.5, 0.6) is 0 Å². The van der Waals surface area contributed by atoms with Crippen LogP contribution in [0.3, 0.4) is 0 Å². The molecule has 0 aliphatic heterocycles. The molecule has 4 heteroatoms. The Bertz CT molecular complexity index is 531. The topological polar surface area (TPSA) is 80.9 Å². The highest BCUT2D eigenvalue weighted by Gasteiger charge is 2.63. The smallest absolute Gasteiger partial charge is 0.0758 e. The Balaban J connectivity index is 1.76. The SMILES string of the molecule is C[C@]12CC[C@H](O)CC1=C[C@@H](O)C1C2CC[C@@]2(C)C1[C@H](O)C[C@@H]2O. The second-order valence-corrected chi connectivity index (χ2v) is 9.07. The van der Waals surface area contributed by atoms with Crippen LogP contribution in [-0.2, 0) is 0 Å². The van der Waals surface area contributed by atoms with E-state index >= 15 is 0 Å². The van der Waals surface area contributed by atoms with Crippen molar-refractivity contribution in [2.24, 2.45) is 28.6 Å². The molecule has 0 spiro atoms. The molecule has 4 aliphatic rings. The van der Waals surface area contributed by atoms with Crippen LogP contribution in [0.2, 0.25) is 0 Å². The van der Waals surface area contributed by atoms with Crippen molar-refractivity contribution in [3.63, 3.8) is 0 Å². The quantitative estimate of drug-likeness (QED) is 0.511. The number of aliphatic hydroxyl groups excluding tert-OH is 4. The first-order chi connectivity index (χ1) is 10.8. The second-order valence-electron chi connectivity index (χ2n) is 9.07. The Morgan fingerprint density at radius 2 is 1.78 bits per heavy atom. The van der Waals surface area contributed by atoms with E-state index in [1.165, 1.54) is 5.57 Å². The third-order valence-electron chi connectivity index (χ3n) is 8.05. The molecule has 4 aliphatic carbocycles. The summed E-state index contributed by atoms with van der Waals surface area (Å²) in [7, 11) is 0. The summed E-state index contributed by atoms with van der Waals surface area (Å²) in [6.07, 6.45) is 4.89. The van der Waals surface area contributed by atoms with Gasteiger partial charge in [-0.2, -0.15) is 0 Å². The molecule has 3 unspecified atom stereocenters. The molecule has 3 fully saturated rings. The molecule has 0 heterocycles. The van der Waals surface area contributed by atoms with Gasteiger partial charge in [0.25, 0.3) is 0 Å². The number of aliphatic hydroxyl groups is 4. The predicted molar refractivity (Wildman–Crippen MR) is 86.5 cm³/mol. The molecular formula is C19H30O4. The third-order valence-corrected chi connectivity index (χ3v) is 8.05. The van der Waals surface area contributed by atoms with Gasteiger partial charge < -0.3 is 20.4 Å². The fraction of sp³-hybridized carbons (Fsp3) is 0.895. The van der Waals surface area contributed by atoms with E-state index in [1.54, 1.807) is 0 Å². The molecule has 4 N–H and O–H groups in total. The highest BCUT2D eigenvalue weighted by Crippen LogP contribution is 2.64. The van der Waals surface area contributed by atoms with Crippen molar-refractivity contribution in [2.75, 3.05) is 0 Å². The summed E-state index contributed by atoms with van der Waals surface area (Å²) in [5, 5.41) is 42.0. The van der Waals surface area contributed by atoms with E-state index in [2.05, 4.69) is 13.8 Å². The molecule has 9 atom stereocenters. The van der Waals surface area contributed by atoms with Crippen LogP contribution in [0.15, 0.2) is 11.6 Å². The van der Waals surface area contributed by atoms with E-state index in [4.69, 9.17) is 0 Å². The Morgan fingerprint density at radius 1 is 1.04 bits per heavy atom. The maximum Gasteiger partial charge on any atom is 0.0758 e. The zero-order chi connectivity index (χ0) is 16.6. The molecule has 4 rings (SSSR count).